The zero-order valence-electron chi connectivity index (χ0n) is 20.3. The van der Waals surface area contributed by atoms with Crippen LogP contribution in [0, 0.1) is 11.8 Å². The number of aliphatic hydroxyl groups excluding tert-OH is 8. The van der Waals surface area contributed by atoms with E-state index in [9.17, 15) is 50.8 Å². The van der Waals surface area contributed by atoms with Crippen LogP contribution in [-0.2, 0) is 28.5 Å². The van der Waals surface area contributed by atoms with Crippen molar-refractivity contribution < 1.29 is 74.4 Å². The second kappa shape index (κ2) is 12.6. The average Bonchev–Trinajstić information content (AvgIpc) is 2.86. The molecule has 3 heterocycles. The topological polar surface area (TPSA) is 245 Å². The van der Waals surface area contributed by atoms with Crippen molar-refractivity contribution in [2.24, 2.45) is 11.8 Å². The minimum absolute atomic E-state index is 0.0269. The van der Waals surface area contributed by atoms with Crippen LogP contribution in [0.5, 0.6) is 0 Å². The number of hydrogen-bond acceptors (Lipinski definition) is 14. The van der Waals surface area contributed by atoms with Crippen molar-refractivity contribution in [3.8, 4) is 0 Å². The van der Waals surface area contributed by atoms with Gasteiger partial charge in [-0.2, -0.15) is 0 Å². The van der Waals surface area contributed by atoms with E-state index in [2.05, 4.69) is 0 Å². The Morgan fingerprint density at radius 2 is 1.46 bits per heavy atom. The molecule has 3 rings (SSSR count). The van der Waals surface area contributed by atoms with Gasteiger partial charge >= 0.3 is 5.97 Å². The van der Waals surface area contributed by atoms with Gasteiger partial charge in [-0.05, 0) is 13.3 Å². The minimum Gasteiger partial charge on any atom is -0.475 e. The molecule has 9 N–H and O–H groups in total. The Balaban J connectivity index is 1.73. The highest BCUT2D eigenvalue weighted by Crippen LogP contribution is 2.34. The third-order valence-corrected chi connectivity index (χ3v) is 7.00. The molecule has 8 unspecified atom stereocenters. The van der Waals surface area contributed by atoms with Gasteiger partial charge in [0.25, 0.3) is 0 Å². The van der Waals surface area contributed by atoms with Crippen molar-refractivity contribution in [1.82, 2.24) is 0 Å². The maximum Gasteiger partial charge on any atom is 0.371 e. The summed E-state index contributed by atoms with van der Waals surface area (Å²) in [4.78, 5) is 11.5. The predicted molar refractivity (Wildman–Crippen MR) is 117 cm³/mol. The van der Waals surface area contributed by atoms with Crippen LogP contribution in [0.15, 0.2) is 11.3 Å². The Bertz CT molecular complexity index is 807. The number of aliphatic hydroxyl groups is 8. The number of hydrogen-bond donors (Lipinski definition) is 9. The number of aliphatic carboxylic acids is 1. The molecule has 3 aliphatic rings. The molecule has 0 aliphatic carbocycles. The van der Waals surface area contributed by atoms with Crippen LogP contribution in [0.1, 0.15) is 20.3 Å². The Morgan fingerprint density at radius 1 is 0.838 bits per heavy atom. The summed E-state index contributed by atoms with van der Waals surface area (Å²) in [6.07, 6.45) is -15.9. The van der Waals surface area contributed by atoms with E-state index in [0.29, 0.717) is 0 Å². The van der Waals surface area contributed by atoms with Crippen LogP contribution in [-0.4, -0.2) is 139 Å². The Morgan fingerprint density at radius 3 is 2.05 bits per heavy atom. The van der Waals surface area contributed by atoms with Crippen molar-refractivity contribution in [1.29, 1.82) is 0 Å². The van der Waals surface area contributed by atoms with Gasteiger partial charge in [-0.25, -0.2) is 4.79 Å². The van der Waals surface area contributed by atoms with Gasteiger partial charge in [0.2, 0.25) is 12.0 Å². The molecule has 0 saturated carbocycles. The monoisotopic (exact) mass is 540 g/mol. The molecular formula is C22H36O15. The quantitative estimate of drug-likeness (QED) is 0.135. The van der Waals surface area contributed by atoms with Gasteiger partial charge in [-0.1, -0.05) is 6.92 Å². The first-order chi connectivity index (χ1) is 17.4. The summed E-state index contributed by atoms with van der Waals surface area (Å²) < 4.78 is 26.9. The molecule has 0 aromatic heterocycles. The molecule has 0 spiro atoms. The molecule has 0 radical (unpaired) electrons. The Hall–Kier alpha value is -1.47. The molecule has 0 bridgehead atoms. The van der Waals surface area contributed by atoms with Crippen LogP contribution in [0.3, 0.4) is 0 Å². The molecule has 3 aliphatic heterocycles. The second-order valence-corrected chi connectivity index (χ2v) is 9.35. The van der Waals surface area contributed by atoms with Gasteiger partial charge in [0.15, 0.2) is 12.6 Å². The lowest BCUT2D eigenvalue weighted by Gasteiger charge is -2.44. The van der Waals surface area contributed by atoms with E-state index in [4.69, 9.17) is 23.7 Å². The second-order valence-electron chi connectivity index (χ2n) is 9.35. The molecule has 15 nitrogen and oxygen atoms in total. The van der Waals surface area contributed by atoms with Crippen molar-refractivity contribution in [3.05, 3.63) is 11.3 Å². The van der Waals surface area contributed by atoms with Crippen molar-refractivity contribution in [2.45, 2.75) is 88.0 Å². The van der Waals surface area contributed by atoms with Crippen LogP contribution < -0.4 is 0 Å². The first kappa shape index (κ1) is 30.1. The highest BCUT2D eigenvalue weighted by Gasteiger charge is 2.48. The molecule has 37 heavy (non-hydrogen) atoms. The van der Waals surface area contributed by atoms with Crippen molar-refractivity contribution in [2.75, 3.05) is 19.8 Å². The van der Waals surface area contributed by atoms with Crippen molar-refractivity contribution >= 4 is 5.97 Å². The maximum atomic E-state index is 11.5. The normalized spacial score (nSPS) is 45.0. The first-order valence-corrected chi connectivity index (χ1v) is 12.0. The van der Waals surface area contributed by atoms with Gasteiger partial charge < -0.3 is 69.6 Å². The highest BCUT2D eigenvalue weighted by molar-refractivity contribution is 5.85. The number of rotatable bonds is 9. The minimum atomic E-state index is -1.66. The number of carboxylic acids is 1. The third-order valence-electron chi connectivity index (χ3n) is 7.00. The van der Waals surface area contributed by atoms with Gasteiger partial charge in [0.1, 0.15) is 36.6 Å². The van der Waals surface area contributed by atoms with Gasteiger partial charge in [0, 0.05) is 17.4 Å². The molecule has 0 aromatic carbocycles. The smallest absolute Gasteiger partial charge is 0.371 e. The predicted octanol–water partition coefficient (Wildman–Crippen LogP) is -4.02. The lowest BCUT2D eigenvalue weighted by Crippen LogP contribution is -2.59. The van der Waals surface area contributed by atoms with E-state index < -0.39 is 111 Å². The summed E-state index contributed by atoms with van der Waals surface area (Å²) in [5.74, 6) is -4.17. The van der Waals surface area contributed by atoms with E-state index in [1.807, 2.05) is 0 Å². The lowest BCUT2D eigenvalue weighted by molar-refractivity contribution is -0.315. The van der Waals surface area contributed by atoms with Crippen LogP contribution >= 0.6 is 0 Å². The number of carboxylic acid groups (broad SMARTS) is 1. The van der Waals surface area contributed by atoms with E-state index in [0.717, 1.165) is 0 Å². The zero-order valence-corrected chi connectivity index (χ0v) is 20.3. The fourth-order valence-corrected chi connectivity index (χ4v) is 4.68. The standard InChI is InChI=1S/C22H36O15/c1-3-8-14(26)16(28)22(37-18(8)19(30)31)34-6-10-9(13(25)11(4-23)36-20(10)32)5-33-21-17(29)15(27)12(24)7(2)35-21/h7,9-17,20-29,32H,3-6H2,1-2H3,(H,30,31)/t7?,9?,10?,11?,12-,13+,14?,15?,16?,17?,20-,21-,22-/m1/s1. The molecule has 13 atom stereocenters. The summed E-state index contributed by atoms with van der Waals surface area (Å²) in [5, 5.41) is 91.0. The van der Waals surface area contributed by atoms with Crippen molar-refractivity contribution in [3.63, 3.8) is 0 Å². The van der Waals surface area contributed by atoms with E-state index in [1.54, 1.807) is 6.92 Å². The molecule has 2 fully saturated rings. The summed E-state index contributed by atoms with van der Waals surface area (Å²) in [6, 6.07) is 0. The summed E-state index contributed by atoms with van der Waals surface area (Å²) in [5.41, 5.74) is -0.0269. The fourth-order valence-electron chi connectivity index (χ4n) is 4.68. The van der Waals surface area contributed by atoms with E-state index in [-0.39, 0.29) is 12.0 Å². The van der Waals surface area contributed by atoms with Gasteiger partial charge in [0.05, 0.1) is 32.0 Å². The van der Waals surface area contributed by atoms with Gasteiger partial charge in [-0.3, -0.25) is 0 Å². The van der Waals surface area contributed by atoms with E-state index >= 15 is 0 Å². The summed E-state index contributed by atoms with van der Waals surface area (Å²) in [7, 11) is 0. The molecular weight excluding hydrogens is 504 g/mol. The highest BCUT2D eigenvalue weighted by atomic mass is 16.7. The van der Waals surface area contributed by atoms with E-state index in [1.165, 1.54) is 6.92 Å². The van der Waals surface area contributed by atoms with Crippen LogP contribution in [0.2, 0.25) is 0 Å². The SMILES string of the molecule is CCC1=C(C(=O)O)O[C@@H](OCC2C(CO[C@@H]3OC(C)[C@@H](O)C(O)C3O)[C@H](O)C(CO)O[C@H]2O)C(O)C1O. The van der Waals surface area contributed by atoms with Gasteiger partial charge in [-0.15, -0.1) is 0 Å². The number of ether oxygens (including phenoxy) is 5. The Labute approximate surface area is 212 Å². The molecule has 15 heteroatoms. The maximum absolute atomic E-state index is 11.5. The fraction of sp³-hybridized carbons (Fsp3) is 0.864. The molecule has 2 saturated heterocycles. The lowest BCUT2D eigenvalue weighted by atomic mass is 9.83. The summed E-state index contributed by atoms with van der Waals surface area (Å²) >= 11 is 0. The van der Waals surface area contributed by atoms with Crippen LogP contribution in [0.4, 0.5) is 0 Å². The molecule has 214 valence electrons. The largest absolute Gasteiger partial charge is 0.475 e. The average molecular weight is 541 g/mol. The summed E-state index contributed by atoms with van der Waals surface area (Å²) in [6.45, 7) is 1.48. The third kappa shape index (κ3) is 6.24. The first-order valence-electron chi connectivity index (χ1n) is 12.0. The van der Waals surface area contributed by atoms with Crippen LogP contribution in [0.25, 0.3) is 0 Å². The molecule has 0 aromatic rings. The zero-order chi connectivity index (χ0) is 27.6. The number of carbonyl (C=O) groups is 1. The molecule has 0 amide bonds. The Kier molecular flexibility index (Phi) is 10.2.